The van der Waals surface area contributed by atoms with Crippen LogP contribution < -0.4 is 15.2 Å². The van der Waals surface area contributed by atoms with Gasteiger partial charge in [-0.3, -0.25) is 4.79 Å². The van der Waals surface area contributed by atoms with Gasteiger partial charge in [0.2, 0.25) is 0 Å². The van der Waals surface area contributed by atoms with Crippen molar-refractivity contribution in [3.63, 3.8) is 0 Å². The SMILES string of the molecule is CCC(CN)C(=O)c1ccc(OC)c(C)c1OC. The third-order valence-corrected chi connectivity index (χ3v) is 3.19. The van der Waals surface area contributed by atoms with E-state index in [2.05, 4.69) is 0 Å². The highest BCUT2D eigenvalue weighted by Crippen LogP contribution is 2.32. The maximum atomic E-state index is 12.3. The smallest absolute Gasteiger partial charge is 0.170 e. The summed E-state index contributed by atoms with van der Waals surface area (Å²) in [5.74, 6) is 1.16. The monoisotopic (exact) mass is 251 g/mol. The van der Waals surface area contributed by atoms with Crippen LogP contribution in [0.5, 0.6) is 11.5 Å². The maximum Gasteiger partial charge on any atom is 0.170 e. The Morgan fingerprint density at radius 3 is 2.44 bits per heavy atom. The van der Waals surface area contributed by atoms with E-state index in [4.69, 9.17) is 15.2 Å². The quantitative estimate of drug-likeness (QED) is 0.787. The molecule has 4 heteroatoms. The van der Waals surface area contributed by atoms with E-state index in [-0.39, 0.29) is 11.7 Å². The zero-order valence-corrected chi connectivity index (χ0v) is 11.4. The fourth-order valence-corrected chi connectivity index (χ4v) is 2.03. The second kappa shape index (κ2) is 6.40. The molecular weight excluding hydrogens is 230 g/mol. The van der Waals surface area contributed by atoms with Crippen LogP contribution in [0.4, 0.5) is 0 Å². The molecule has 1 aromatic rings. The topological polar surface area (TPSA) is 61.6 Å². The Kier molecular flexibility index (Phi) is 5.16. The fraction of sp³-hybridized carbons (Fsp3) is 0.500. The van der Waals surface area contributed by atoms with Crippen molar-refractivity contribution in [3.8, 4) is 11.5 Å². The third-order valence-electron chi connectivity index (χ3n) is 3.19. The first-order chi connectivity index (χ1) is 8.60. The highest BCUT2D eigenvalue weighted by Gasteiger charge is 2.22. The van der Waals surface area contributed by atoms with E-state index in [1.165, 1.54) is 0 Å². The summed E-state index contributed by atoms with van der Waals surface area (Å²) >= 11 is 0. The van der Waals surface area contributed by atoms with Crippen LogP contribution in [0.25, 0.3) is 0 Å². The van der Waals surface area contributed by atoms with Crippen LogP contribution in [0, 0.1) is 12.8 Å². The third kappa shape index (κ3) is 2.64. The average molecular weight is 251 g/mol. The number of rotatable bonds is 6. The van der Waals surface area contributed by atoms with Gasteiger partial charge in [-0.15, -0.1) is 0 Å². The van der Waals surface area contributed by atoms with Crippen LogP contribution in [-0.2, 0) is 0 Å². The Labute approximate surface area is 108 Å². The van der Waals surface area contributed by atoms with E-state index in [1.807, 2.05) is 13.8 Å². The summed E-state index contributed by atoms with van der Waals surface area (Å²) in [7, 11) is 3.15. The molecule has 100 valence electrons. The number of hydrogen-bond donors (Lipinski definition) is 1. The van der Waals surface area contributed by atoms with E-state index < -0.39 is 0 Å². The molecule has 18 heavy (non-hydrogen) atoms. The highest BCUT2D eigenvalue weighted by atomic mass is 16.5. The zero-order chi connectivity index (χ0) is 13.7. The van der Waals surface area contributed by atoms with Gasteiger partial charge in [-0.05, 0) is 25.5 Å². The van der Waals surface area contributed by atoms with E-state index in [0.717, 1.165) is 12.0 Å². The van der Waals surface area contributed by atoms with E-state index >= 15 is 0 Å². The van der Waals surface area contributed by atoms with Crippen molar-refractivity contribution in [2.24, 2.45) is 11.7 Å². The predicted octanol–water partition coefficient (Wildman–Crippen LogP) is 2.18. The van der Waals surface area contributed by atoms with E-state index in [9.17, 15) is 4.79 Å². The summed E-state index contributed by atoms with van der Waals surface area (Å²) < 4.78 is 10.6. The molecule has 0 bridgehead atoms. The van der Waals surface area contributed by atoms with E-state index in [1.54, 1.807) is 26.4 Å². The van der Waals surface area contributed by atoms with Crippen molar-refractivity contribution >= 4 is 5.78 Å². The Bertz CT molecular complexity index is 425. The molecule has 1 rings (SSSR count). The summed E-state index contributed by atoms with van der Waals surface area (Å²) in [5.41, 5.74) is 7.03. The summed E-state index contributed by atoms with van der Waals surface area (Å²) in [6.45, 7) is 4.18. The average Bonchev–Trinajstić information content (AvgIpc) is 2.39. The Balaban J connectivity index is 3.24. The number of benzene rings is 1. The number of methoxy groups -OCH3 is 2. The summed E-state index contributed by atoms with van der Waals surface area (Å²) in [4.78, 5) is 12.3. The van der Waals surface area contributed by atoms with Crippen molar-refractivity contribution in [2.75, 3.05) is 20.8 Å². The second-order valence-electron chi connectivity index (χ2n) is 4.18. The molecule has 0 amide bonds. The molecule has 2 N–H and O–H groups in total. The molecule has 0 aliphatic rings. The van der Waals surface area contributed by atoms with Crippen LogP contribution in [0.1, 0.15) is 29.3 Å². The Morgan fingerprint density at radius 1 is 1.33 bits per heavy atom. The van der Waals surface area contributed by atoms with Gasteiger partial charge in [-0.2, -0.15) is 0 Å². The minimum atomic E-state index is -0.160. The molecule has 0 spiro atoms. The number of carbonyl (C=O) groups is 1. The molecule has 0 aromatic heterocycles. The van der Waals surface area contributed by atoms with Gasteiger partial charge < -0.3 is 15.2 Å². The Hall–Kier alpha value is -1.55. The van der Waals surface area contributed by atoms with Gasteiger partial charge in [0.25, 0.3) is 0 Å². The van der Waals surface area contributed by atoms with Crippen molar-refractivity contribution < 1.29 is 14.3 Å². The van der Waals surface area contributed by atoms with Gasteiger partial charge in [0, 0.05) is 18.0 Å². The fourth-order valence-electron chi connectivity index (χ4n) is 2.03. The molecule has 1 unspecified atom stereocenters. The number of ketones is 1. The van der Waals surface area contributed by atoms with Crippen LogP contribution >= 0.6 is 0 Å². The van der Waals surface area contributed by atoms with E-state index in [0.29, 0.717) is 23.6 Å². The molecule has 0 aliphatic heterocycles. The molecule has 0 heterocycles. The first-order valence-corrected chi connectivity index (χ1v) is 6.06. The van der Waals surface area contributed by atoms with Crippen molar-refractivity contribution in [2.45, 2.75) is 20.3 Å². The lowest BCUT2D eigenvalue weighted by molar-refractivity contribution is 0.0918. The van der Waals surface area contributed by atoms with Crippen LogP contribution in [0.2, 0.25) is 0 Å². The minimum Gasteiger partial charge on any atom is -0.496 e. The van der Waals surface area contributed by atoms with Gasteiger partial charge in [0.15, 0.2) is 5.78 Å². The molecule has 0 fully saturated rings. The summed E-state index contributed by atoms with van der Waals surface area (Å²) in [6, 6.07) is 3.53. The highest BCUT2D eigenvalue weighted by molar-refractivity contribution is 6.01. The van der Waals surface area contributed by atoms with Crippen molar-refractivity contribution in [1.29, 1.82) is 0 Å². The number of hydrogen-bond acceptors (Lipinski definition) is 4. The van der Waals surface area contributed by atoms with Crippen molar-refractivity contribution in [3.05, 3.63) is 23.3 Å². The number of Topliss-reactive ketones (excluding diaryl/α,β-unsaturated/α-hetero) is 1. The summed E-state index contributed by atoms with van der Waals surface area (Å²) in [5, 5.41) is 0. The van der Waals surface area contributed by atoms with Gasteiger partial charge in [0.1, 0.15) is 11.5 Å². The van der Waals surface area contributed by atoms with Crippen LogP contribution in [0.3, 0.4) is 0 Å². The Morgan fingerprint density at radius 2 is 2.00 bits per heavy atom. The molecule has 1 aromatic carbocycles. The minimum absolute atomic E-state index is 0.0302. The number of carbonyl (C=O) groups excluding carboxylic acids is 1. The standard InChI is InChI=1S/C14H21NO3/c1-5-10(8-15)13(16)11-6-7-12(17-3)9(2)14(11)18-4/h6-7,10H,5,8,15H2,1-4H3. The lowest BCUT2D eigenvalue weighted by Gasteiger charge is -2.17. The maximum absolute atomic E-state index is 12.3. The summed E-state index contributed by atoms with van der Waals surface area (Å²) in [6.07, 6.45) is 0.726. The van der Waals surface area contributed by atoms with Crippen LogP contribution in [0.15, 0.2) is 12.1 Å². The lowest BCUT2D eigenvalue weighted by atomic mass is 9.93. The first-order valence-electron chi connectivity index (χ1n) is 6.06. The van der Waals surface area contributed by atoms with Gasteiger partial charge in [-0.1, -0.05) is 6.92 Å². The lowest BCUT2D eigenvalue weighted by Crippen LogP contribution is -2.23. The molecular formula is C14H21NO3. The van der Waals surface area contributed by atoms with Gasteiger partial charge in [-0.25, -0.2) is 0 Å². The molecule has 4 nitrogen and oxygen atoms in total. The molecule has 0 saturated carbocycles. The van der Waals surface area contributed by atoms with Crippen molar-refractivity contribution in [1.82, 2.24) is 0 Å². The zero-order valence-electron chi connectivity index (χ0n) is 11.4. The molecule has 0 aliphatic carbocycles. The molecule has 1 atom stereocenters. The normalized spacial score (nSPS) is 12.1. The van der Waals surface area contributed by atoms with Gasteiger partial charge in [0.05, 0.1) is 19.8 Å². The predicted molar refractivity (Wildman–Crippen MR) is 71.4 cm³/mol. The van der Waals surface area contributed by atoms with Gasteiger partial charge >= 0.3 is 0 Å². The van der Waals surface area contributed by atoms with Crippen LogP contribution in [-0.4, -0.2) is 26.5 Å². The largest absolute Gasteiger partial charge is 0.496 e. The second-order valence-corrected chi connectivity index (χ2v) is 4.18. The number of ether oxygens (including phenoxy) is 2. The molecule has 0 radical (unpaired) electrons. The number of nitrogens with two attached hydrogens (primary N) is 1. The molecule has 0 saturated heterocycles. The first kappa shape index (κ1) is 14.5.